The van der Waals surface area contributed by atoms with Crippen molar-refractivity contribution in [2.24, 2.45) is 0 Å². The summed E-state index contributed by atoms with van der Waals surface area (Å²) in [6.07, 6.45) is 3.26. The van der Waals surface area contributed by atoms with Crippen LogP contribution in [0.25, 0.3) is 0 Å². The third-order valence-corrected chi connectivity index (χ3v) is 3.78. The highest BCUT2D eigenvalue weighted by atomic mass is 16.5. The molecule has 7 nitrogen and oxygen atoms in total. The summed E-state index contributed by atoms with van der Waals surface area (Å²) in [6, 6.07) is 6.86. The van der Waals surface area contributed by atoms with Gasteiger partial charge in [-0.1, -0.05) is 5.16 Å². The number of aryl methyl sites for hydroxylation is 1. The maximum absolute atomic E-state index is 12.0. The van der Waals surface area contributed by atoms with Crippen molar-refractivity contribution in [3.63, 3.8) is 0 Å². The zero-order valence-corrected chi connectivity index (χ0v) is 12.8. The van der Waals surface area contributed by atoms with Crippen LogP contribution in [0.1, 0.15) is 29.0 Å². The van der Waals surface area contributed by atoms with Gasteiger partial charge < -0.3 is 20.5 Å². The van der Waals surface area contributed by atoms with Gasteiger partial charge in [-0.2, -0.15) is 0 Å². The van der Waals surface area contributed by atoms with Crippen LogP contribution in [0, 0.1) is 6.92 Å². The number of hydrogen-bond donors (Lipinski definition) is 3. The van der Waals surface area contributed by atoms with E-state index >= 15 is 0 Å². The van der Waals surface area contributed by atoms with Gasteiger partial charge >= 0.3 is 0 Å². The standard InChI is InChI=1S/C16H18N4O3/c1-10-13(9-18-23-10)15(21)19-11-4-6-12(7-5-11)20-16(22)14-3-2-8-17-14/h4-7,9,14,17H,2-3,8H2,1H3,(H,19,21)(H,20,22). The number of benzene rings is 1. The molecule has 2 aromatic rings. The van der Waals surface area contributed by atoms with Crippen LogP contribution in [0.2, 0.25) is 0 Å². The maximum atomic E-state index is 12.0. The molecule has 23 heavy (non-hydrogen) atoms. The third-order valence-electron chi connectivity index (χ3n) is 3.78. The van der Waals surface area contributed by atoms with Gasteiger partial charge in [-0.05, 0) is 50.6 Å². The van der Waals surface area contributed by atoms with Gasteiger partial charge in [-0.25, -0.2) is 0 Å². The zero-order valence-electron chi connectivity index (χ0n) is 12.8. The number of carbonyl (C=O) groups excluding carboxylic acids is 2. The van der Waals surface area contributed by atoms with Crippen molar-refractivity contribution in [2.75, 3.05) is 17.2 Å². The average Bonchev–Trinajstić information content (AvgIpc) is 3.20. The highest BCUT2D eigenvalue weighted by Gasteiger charge is 2.21. The Morgan fingerprint density at radius 1 is 1.22 bits per heavy atom. The van der Waals surface area contributed by atoms with Crippen LogP contribution in [0.5, 0.6) is 0 Å². The molecule has 7 heteroatoms. The molecule has 3 N–H and O–H groups in total. The number of anilines is 2. The first-order chi connectivity index (χ1) is 11.1. The van der Waals surface area contributed by atoms with E-state index in [9.17, 15) is 9.59 Å². The first kappa shape index (κ1) is 15.2. The molecule has 0 spiro atoms. The SMILES string of the molecule is Cc1oncc1C(=O)Nc1ccc(NC(=O)C2CCCN2)cc1. The molecule has 120 valence electrons. The summed E-state index contributed by atoms with van der Waals surface area (Å²) in [6.45, 7) is 2.56. The smallest absolute Gasteiger partial charge is 0.260 e. The lowest BCUT2D eigenvalue weighted by Gasteiger charge is -2.11. The number of carbonyl (C=O) groups is 2. The van der Waals surface area contributed by atoms with Gasteiger partial charge in [0.1, 0.15) is 11.3 Å². The fourth-order valence-electron chi connectivity index (χ4n) is 2.49. The molecule has 1 aromatic heterocycles. The van der Waals surface area contributed by atoms with E-state index < -0.39 is 0 Å². The molecule has 0 bridgehead atoms. The second kappa shape index (κ2) is 6.62. The number of amides is 2. The Balaban J connectivity index is 1.59. The molecule has 0 radical (unpaired) electrons. The van der Waals surface area contributed by atoms with Gasteiger partial charge in [-0.15, -0.1) is 0 Å². The normalized spacial score (nSPS) is 17.0. The quantitative estimate of drug-likeness (QED) is 0.801. The summed E-state index contributed by atoms with van der Waals surface area (Å²) >= 11 is 0. The van der Waals surface area contributed by atoms with E-state index in [2.05, 4.69) is 21.1 Å². The van der Waals surface area contributed by atoms with Gasteiger partial charge in [0.15, 0.2) is 0 Å². The first-order valence-electron chi connectivity index (χ1n) is 7.50. The van der Waals surface area contributed by atoms with E-state index in [0.29, 0.717) is 22.7 Å². The van der Waals surface area contributed by atoms with E-state index in [0.717, 1.165) is 19.4 Å². The van der Waals surface area contributed by atoms with Crippen LogP contribution in [-0.2, 0) is 4.79 Å². The summed E-state index contributed by atoms with van der Waals surface area (Å²) in [7, 11) is 0. The van der Waals surface area contributed by atoms with Crippen molar-refractivity contribution in [3.8, 4) is 0 Å². The predicted molar refractivity (Wildman–Crippen MR) is 85.3 cm³/mol. The fraction of sp³-hybridized carbons (Fsp3) is 0.312. The first-order valence-corrected chi connectivity index (χ1v) is 7.50. The van der Waals surface area contributed by atoms with Crippen LogP contribution in [0.15, 0.2) is 35.0 Å². The van der Waals surface area contributed by atoms with Gasteiger partial charge in [0.05, 0.1) is 12.2 Å². The molecular weight excluding hydrogens is 296 g/mol. The van der Waals surface area contributed by atoms with Gasteiger partial charge in [0.2, 0.25) is 5.91 Å². The number of aromatic nitrogens is 1. The van der Waals surface area contributed by atoms with Crippen molar-refractivity contribution in [1.29, 1.82) is 0 Å². The number of nitrogens with zero attached hydrogens (tertiary/aromatic N) is 1. The summed E-state index contributed by atoms with van der Waals surface area (Å²) in [5, 5.41) is 12.3. The Hall–Kier alpha value is -2.67. The number of rotatable bonds is 4. The largest absolute Gasteiger partial charge is 0.361 e. The molecule has 1 atom stereocenters. The molecular formula is C16H18N4O3. The lowest BCUT2D eigenvalue weighted by Crippen LogP contribution is -2.35. The van der Waals surface area contributed by atoms with E-state index in [1.807, 2.05) is 0 Å². The molecule has 1 aliphatic heterocycles. The Morgan fingerprint density at radius 3 is 2.48 bits per heavy atom. The molecule has 3 rings (SSSR count). The van der Waals surface area contributed by atoms with E-state index in [-0.39, 0.29) is 17.9 Å². The lowest BCUT2D eigenvalue weighted by atomic mass is 10.2. The number of hydrogen-bond acceptors (Lipinski definition) is 5. The molecule has 1 saturated heterocycles. The zero-order chi connectivity index (χ0) is 16.2. The summed E-state index contributed by atoms with van der Waals surface area (Å²) in [5.41, 5.74) is 1.73. The van der Waals surface area contributed by atoms with Crippen molar-refractivity contribution < 1.29 is 14.1 Å². The van der Waals surface area contributed by atoms with E-state index in [1.165, 1.54) is 6.20 Å². The Labute approximate surface area is 133 Å². The minimum Gasteiger partial charge on any atom is -0.361 e. The van der Waals surface area contributed by atoms with Crippen molar-refractivity contribution in [1.82, 2.24) is 10.5 Å². The average molecular weight is 314 g/mol. The fourth-order valence-corrected chi connectivity index (χ4v) is 2.49. The van der Waals surface area contributed by atoms with Gasteiger partial charge in [-0.3, -0.25) is 9.59 Å². The maximum Gasteiger partial charge on any atom is 0.260 e. The molecule has 1 unspecified atom stereocenters. The Kier molecular flexibility index (Phi) is 4.38. The summed E-state index contributed by atoms with van der Waals surface area (Å²) < 4.78 is 4.87. The van der Waals surface area contributed by atoms with Gasteiger partial charge in [0.25, 0.3) is 5.91 Å². The molecule has 1 fully saturated rings. The minimum atomic E-state index is -0.282. The number of nitrogens with one attached hydrogen (secondary N) is 3. The highest BCUT2D eigenvalue weighted by Crippen LogP contribution is 2.17. The van der Waals surface area contributed by atoms with Crippen LogP contribution in [-0.4, -0.2) is 29.6 Å². The van der Waals surface area contributed by atoms with E-state index in [4.69, 9.17) is 4.52 Å². The Morgan fingerprint density at radius 2 is 1.91 bits per heavy atom. The van der Waals surface area contributed by atoms with Crippen LogP contribution in [0.3, 0.4) is 0 Å². The van der Waals surface area contributed by atoms with Crippen molar-refractivity contribution in [2.45, 2.75) is 25.8 Å². The predicted octanol–water partition coefficient (Wildman–Crippen LogP) is 1.93. The third kappa shape index (κ3) is 3.57. The molecule has 0 saturated carbocycles. The highest BCUT2D eigenvalue weighted by molar-refractivity contribution is 6.04. The van der Waals surface area contributed by atoms with Crippen LogP contribution >= 0.6 is 0 Å². The summed E-state index contributed by atoms with van der Waals surface area (Å²) in [4.78, 5) is 24.1. The van der Waals surface area contributed by atoms with Crippen molar-refractivity contribution in [3.05, 3.63) is 41.8 Å². The second-order valence-corrected chi connectivity index (χ2v) is 5.47. The lowest BCUT2D eigenvalue weighted by molar-refractivity contribution is -0.117. The minimum absolute atomic E-state index is 0.0284. The van der Waals surface area contributed by atoms with E-state index in [1.54, 1.807) is 31.2 Å². The van der Waals surface area contributed by atoms with Gasteiger partial charge in [0, 0.05) is 11.4 Å². The second-order valence-electron chi connectivity index (χ2n) is 5.47. The van der Waals surface area contributed by atoms with Crippen LogP contribution in [0.4, 0.5) is 11.4 Å². The molecule has 1 aromatic carbocycles. The monoisotopic (exact) mass is 314 g/mol. The van der Waals surface area contributed by atoms with Crippen molar-refractivity contribution >= 4 is 23.2 Å². The molecule has 0 aliphatic carbocycles. The molecule has 1 aliphatic rings. The summed E-state index contributed by atoms with van der Waals surface area (Å²) in [5.74, 6) is 0.158. The topological polar surface area (TPSA) is 96.3 Å². The Bertz CT molecular complexity index is 702. The van der Waals surface area contributed by atoms with Crippen LogP contribution < -0.4 is 16.0 Å². The molecule has 2 amide bonds. The molecule has 2 heterocycles.